The molecule has 2 aliphatic heterocycles. The Labute approximate surface area is 174 Å². The molecular weight excluding hydrogens is 388 g/mol. The molecule has 1 aromatic rings. The number of hydrogen-bond donors (Lipinski definition) is 1. The van der Waals surface area contributed by atoms with E-state index in [2.05, 4.69) is 5.92 Å². The molecule has 1 aromatic carbocycles. The van der Waals surface area contributed by atoms with Gasteiger partial charge in [0.1, 0.15) is 22.3 Å². The first-order valence-electron chi connectivity index (χ1n) is 9.44. The molecule has 0 saturated carbocycles. The van der Waals surface area contributed by atoms with E-state index in [0.717, 1.165) is 0 Å². The number of carbonyl (C=O) groups is 3. The van der Waals surface area contributed by atoms with E-state index < -0.39 is 23.3 Å². The van der Waals surface area contributed by atoms with Crippen LogP contribution in [-0.2, 0) is 34.0 Å². The van der Waals surface area contributed by atoms with E-state index >= 15 is 0 Å². The summed E-state index contributed by atoms with van der Waals surface area (Å²) < 4.78 is 15.9. The predicted octanol–water partition coefficient (Wildman–Crippen LogP) is 1.50. The van der Waals surface area contributed by atoms with Crippen LogP contribution in [0.4, 0.5) is 5.69 Å². The first-order valence-corrected chi connectivity index (χ1v) is 9.44. The Morgan fingerprint density at radius 3 is 2.37 bits per heavy atom. The van der Waals surface area contributed by atoms with E-state index in [4.69, 9.17) is 26.4 Å². The van der Waals surface area contributed by atoms with Crippen LogP contribution < -0.4 is 10.6 Å². The Hall–Kier alpha value is -3.73. The van der Waals surface area contributed by atoms with Gasteiger partial charge < -0.3 is 19.9 Å². The van der Waals surface area contributed by atoms with Crippen LogP contribution >= 0.6 is 0 Å². The van der Waals surface area contributed by atoms with Crippen molar-refractivity contribution in [3.05, 3.63) is 52.6 Å². The molecule has 156 valence electrons. The lowest BCUT2D eigenvalue weighted by Crippen LogP contribution is -2.51. The van der Waals surface area contributed by atoms with Crippen molar-refractivity contribution in [2.75, 3.05) is 24.7 Å². The molecule has 0 aliphatic carbocycles. The Kier molecular flexibility index (Phi) is 5.56. The maximum atomic E-state index is 13.9. The lowest BCUT2D eigenvalue weighted by molar-refractivity contribution is -0.143. The average molecular weight is 410 g/mol. The van der Waals surface area contributed by atoms with Crippen molar-refractivity contribution in [3.8, 4) is 12.3 Å². The van der Waals surface area contributed by atoms with Crippen LogP contribution in [0.2, 0.25) is 0 Å². The predicted molar refractivity (Wildman–Crippen MR) is 108 cm³/mol. The standard InChI is InChI=1S/C22H22N2O6/c1-5-12-24-15-11-9-8-10-14(15)22(21(24)27)16(19(25)28-6-2)13(4)30-18(23)17(22)20(26)29-7-3/h1,8-11H,6-7,12,23H2,2-4H3/t22-/m1/s1. The van der Waals surface area contributed by atoms with E-state index in [0.29, 0.717) is 11.3 Å². The number of ether oxygens (including phenoxy) is 3. The van der Waals surface area contributed by atoms with Gasteiger partial charge in [0.15, 0.2) is 0 Å². The van der Waals surface area contributed by atoms with Gasteiger partial charge in [-0.25, -0.2) is 9.59 Å². The highest BCUT2D eigenvalue weighted by atomic mass is 16.5. The number of benzene rings is 1. The Morgan fingerprint density at radius 1 is 1.17 bits per heavy atom. The Bertz CT molecular complexity index is 990. The number of esters is 2. The van der Waals surface area contributed by atoms with E-state index in [1.54, 1.807) is 38.1 Å². The molecule has 8 heteroatoms. The second-order valence-electron chi connectivity index (χ2n) is 6.58. The first-order chi connectivity index (χ1) is 14.4. The minimum absolute atomic E-state index is 0.0348. The minimum Gasteiger partial charge on any atom is -0.462 e. The van der Waals surface area contributed by atoms with Crippen molar-refractivity contribution in [3.63, 3.8) is 0 Å². The van der Waals surface area contributed by atoms with Crippen LogP contribution in [0, 0.1) is 12.3 Å². The van der Waals surface area contributed by atoms with Gasteiger partial charge in [0.2, 0.25) is 11.8 Å². The van der Waals surface area contributed by atoms with Gasteiger partial charge in [-0.05, 0) is 26.8 Å². The van der Waals surface area contributed by atoms with Gasteiger partial charge in [0.05, 0.1) is 19.8 Å². The summed E-state index contributed by atoms with van der Waals surface area (Å²) in [6.07, 6.45) is 5.48. The molecular formula is C22H22N2O6. The zero-order valence-corrected chi connectivity index (χ0v) is 17.0. The van der Waals surface area contributed by atoms with Crippen LogP contribution in [0.5, 0.6) is 0 Å². The number of fused-ring (bicyclic) bond motifs is 2. The summed E-state index contributed by atoms with van der Waals surface area (Å²) in [6, 6.07) is 6.76. The van der Waals surface area contributed by atoms with Crippen molar-refractivity contribution in [1.82, 2.24) is 0 Å². The normalized spacial score (nSPS) is 20.1. The summed E-state index contributed by atoms with van der Waals surface area (Å²) in [6.45, 7) is 4.77. The van der Waals surface area contributed by atoms with E-state index in [9.17, 15) is 14.4 Å². The molecule has 30 heavy (non-hydrogen) atoms. The fourth-order valence-corrected chi connectivity index (χ4v) is 3.98. The first kappa shape index (κ1) is 21.0. The largest absolute Gasteiger partial charge is 0.462 e. The monoisotopic (exact) mass is 410 g/mol. The molecule has 0 bridgehead atoms. The number of carbonyl (C=O) groups excluding carboxylic acids is 3. The molecule has 8 nitrogen and oxygen atoms in total. The van der Waals surface area contributed by atoms with Gasteiger partial charge in [-0.15, -0.1) is 6.42 Å². The summed E-state index contributed by atoms with van der Waals surface area (Å²) in [5.74, 6) is -0.0740. The van der Waals surface area contributed by atoms with Crippen molar-refractivity contribution in [2.24, 2.45) is 5.73 Å². The number of para-hydroxylation sites is 1. The smallest absolute Gasteiger partial charge is 0.341 e. The quantitative estimate of drug-likeness (QED) is 0.579. The van der Waals surface area contributed by atoms with E-state index in [1.807, 2.05) is 0 Å². The highest BCUT2D eigenvalue weighted by molar-refractivity contribution is 6.22. The van der Waals surface area contributed by atoms with Gasteiger partial charge >= 0.3 is 11.9 Å². The van der Waals surface area contributed by atoms with Gasteiger partial charge in [0.25, 0.3) is 0 Å². The maximum Gasteiger partial charge on any atom is 0.341 e. The summed E-state index contributed by atoms with van der Waals surface area (Å²) >= 11 is 0. The molecule has 2 aliphatic rings. The Morgan fingerprint density at radius 2 is 1.77 bits per heavy atom. The average Bonchev–Trinajstić information content (AvgIpc) is 2.92. The summed E-state index contributed by atoms with van der Waals surface area (Å²) in [5.41, 5.74) is 4.65. The molecule has 1 spiro atoms. The van der Waals surface area contributed by atoms with Gasteiger partial charge in [-0.1, -0.05) is 24.1 Å². The second-order valence-corrected chi connectivity index (χ2v) is 6.58. The van der Waals surface area contributed by atoms with Crippen LogP contribution in [0.3, 0.4) is 0 Å². The number of nitrogens with zero attached hydrogens (tertiary/aromatic N) is 1. The lowest BCUT2D eigenvalue weighted by Gasteiger charge is -2.36. The van der Waals surface area contributed by atoms with Crippen molar-refractivity contribution < 1.29 is 28.6 Å². The number of rotatable bonds is 5. The lowest BCUT2D eigenvalue weighted by atomic mass is 9.67. The van der Waals surface area contributed by atoms with Crippen LogP contribution in [-0.4, -0.2) is 37.6 Å². The van der Waals surface area contributed by atoms with Crippen LogP contribution in [0.15, 0.2) is 47.1 Å². The van der Waals surface area contributed by atoms with Crippen molar-refractivity contribution in [1.29, 1.82) is 0 Å². The topological polar surface area (TPSA) is 108 Å². The maximum absolute atomic E-state index is 13.9. The summed E-state index contributed by atoms with van der Waals surface area (Å²) in [4.78, 5) is 41.3. The third-order valence-corrected chi connectivity index (χ3v) is 4.98. The fourth-order valence-electron chi connectivity index (χ4n) is 3.98. The molecule has 2 N–H and O–H groups in total. The molecule has 0 unspecified atom stereocenters. The highest BCUT2D eigenvalue weighted by Gasteiger charge is 2.63. The van der Waals surface area contributed by atoms with E-state index in [-0.39, 0.29) is 42.5 Å². The van der Waals surface area contributed by atoms with Gasteiger partial charge in [0, 0.05) is 11.3 Å². The van der Waals surface area contributed by atoms with Crippen molar-refractivity contribution in [2.45, 2.75) is 26.2 Å². The highest BCUT2D eigenvalue weighted by Crippen LogP contribution is 2.54. The fraction of sp³-hybridized carbons (Fsp3) is 0.318. The van der Waals surface area contributed by atoms with Gasteiger partial charge in [-0.2, -0.15) is 0 Å². The van der Waals surface area contributed by atoms with Gasteiger partial charge in [-0.3, -0.25) is 9.69 Å². The molecule has 0 aromatic heterocycles. The summed E-state index contributed by atoms with van der Waals surface area (Å²) in [7, 11) is 0. The van der Waals surface area contributed by atoms with Crippen LogP contribution in [0.25, 0.3) is 0 Å². The SMILES string of the molecule is C#CCN1C(=O)[C@@]2(C(C(=O)OCC)=C(C)OC(N)=C2C(=O)OCC)c2ccccc21. The zero-order chi connectivity index (χ0) is 22.1. The van der Waals surface area contributed by atoms with Crippen molar-refractivity contribution >= 4 is 23.5 Å². The number of hydrogen-bond acceptors (Lipinski definition) is 7. The number of anilines is 1. The third kappa shape index (κ3) is 2.82. The molecule has 0 saturated heterocycles. The number of nitrogens with two attached hydrogens (primary N) is 1. The number of terminal acetylenes is 1. The second kappa shape index (κ2) is 7.95. The molecule has 2 heterocycles. The number of allylic oxidation sites excluding steroid dienone is 1. The number of amides is 1. The molecule has 0 fully saturated rings. The van der Waals surface area contributed by atoms with Crippen LogP contribution in [0.1, 0.15) is 26.3 Å². The molecule has 1 atom stereocenters. The molecule has 3 rings (SSSR count). The third-order valence-electron chi connectivity index (χ3n) is 4.98. The molecule has 1 amide bonds. The minimum atomic E-state index is -1.89. The Balaban J connectivity index is 2.43. The van der Waals surface area contributed by atoms with E-state index in [1.165, 1.54) is 11.8 Å². The zero-order valence-electron chi connectivity index (χ0n) is 17.0. The molecule has 0 radical (unpaired) electrons. The summed E-state index contributed by atoms with van der Waals surface area (Å²) in [5, 5.41) is 0.